The van der Waals surface area contributed by atoms with Gasteiger partial charge in [-0.2, -0.15) is 0 Å². The molecule has 0 saturated heterocycles. The summed E-state index contributed by atoms with van der Waals surface area (Å²) in [6.45, 7) is 0. The molecule has 76 valence electrons. The minimum Gasteiger partial charge on any atom is -0.233 e. The second-order valence-corrected chi connectivity index (χ2v) is 4.38. The zero-order valence-corrected chi connectivity index (χ0v) is 9.26. The van der Waals surface area contributed by atoms with Gasteiger partial charge in [0, 0.05) is 5.92 Å². The molecule has 15 heavy (non-hydrogen) atoms. The maximum Gasteiger partial charge on any atom is 0.223 e. The molecule has 1 aliphatic carbocycles. The third-order valence-electron chi connectivity index (χ3n) is 2.47. The van der Waals surface area contributed by atoms with Gasteiger partial charge in [0.2, 0.25) is 5.28 Å². The molecule has 2 heterocycles. The van der Waals surface area contributed by atoms with Crippen molar-refractivity contribution < 1.29 is 0 Å². The summed E-state index contributed by atoms with van der Waals surface area (Å²) >= 11 is 11.7. The van der Waals surface area contributed by atoms with Gasteiger partial charge in [-0.3, -0.25) is 0 Å². The fraction of sp³-hybridized carbons (Fsp3) is 0.300. The molecule has 1 fully saturated rings. The van der Waals surface area contributed by atoms with Crippen molar-refractivity contribution >= 4 is 34.2 Å². The van der Waals surface area contributed by atoms with Crippen LogP contribution in [0.3, 0.4) is 0 Å². The minimum atomic E-state index is 0.286. The Morgan fingerprint density at radius 3 is 2.60 bits per heavy atom. The van der Waals surface area contributed by atoms with Crippen LogP contribution in [0.5, 0.6) is 0 Å². The highest BCUT2D eigenvalue weighted by molar-refractivity contribution is 6.30. The number of hydrogen-bond acceptors (Lipinski definition) is 3. The topological polar surface area (TPSA) is 38.7 Å². The molecule has 5 heteroatoms. The second-order valence-electron chi connectivity index (χ2n) is 3.65. The first-order valence-electron chi connectivity index (χ1n) is 4.74. The Bertz CT molecular complexity index is 537. The Kier molecular flexibility index (Phi) is 2.04. The van der Waals surface area contributed by atoms with Crippen molar-refractivity contribution in [2.75, 3.05) is 0 Å². The number of aromatic nitrogens is 3. The molecule has 0 N–H and O–H groups in total. The van der Waals surface area contributed by atoms with Crippen LogP contribution < -0.4 is 0 Å². The van der Waals surface area contributed by atoms with E-state index in [1.54, 1.807) is 6.07 Å². The third-order valence-corrected chi connectivity index (χ3v) is 2.85. The van der Waals surface area contributed by atoms with Gasteiger partial charge in [0.1, 0.15) is 10.7 Å². The molecule has 0 amide bonds. The smallest absolute Gasteiger partial charge is 0.223 e. The van der Waals surface area contributed by atoms with E-state index in [-0.39, 0.29) is 5.28 Å². The first-order valence-corrected chi connectivity index (χ1v) is 5.49. The first-order chi connectivity index (χ1) is 7.24. The molecule has 1 aliphatic rings. The molecule has 0 aliphatic heterocycles. The van der Waals surface area contributed by atoms with Crippen LogP contribution in [0.1, 0.15) is 24.5 Å². The zero-order chi connectivity index (χ0) is 10.4. The molecule has 0 aromatic carbocycles. The maximum absolute atomic E-state index is 5.86. The lowest BCUT2D eigenvalue weighted by Gasteiger charge is -2.03. The maximum atomic E-state index is 5.86. The van der Waals surface area contributed by atoms with Gasteiger partial charge in [0.05, 0.1) is 11.2 Å². The van der Waals surface area contributed by atoms with E-state index in [0.717, 1.165) is 29.6 Å². The Morgan fingerprint density at radius 2 is 1.87 bits per heavy atom. The van der Waals surface area contributed by atoms with Gasteiger partial charge >= 0.3 is 0 Å². The van der Waals surface area contributed by atoms with Crippen molar-refractivity contribution in [2.45, 2.75) is 18.8 Å². The minimum absolute atomic E-state index is 0.286. The van der Waals surface area contributed by atoms with Crippen molar-refractivity contribution in [1.29, 1.82) is 0 Å². The molecule has 3 rings (SSSR count). The number of fused-ring (bicyclic) bond motifs is 1. The summed E-state index contributed by atoms with van der Waals surface area (Å²) in [6, 6.07) is 3.54. The molecule has 2 aromatic rings. The number of hydrogen-bond donors (Lipinski definition) is 0. The van der Waals surface area contributed by atoms with E-state index in [2.05, 4.69) is 15.0 Å². The van der Waals surface area contributed by atoms with Gasteiger partial charge in [0.15, 0.2) is 0 Å². The highest BCUT2D eigenvalue weighted by Gasteiger charge is 2.28. The number of pyridine rings is 1. The summed E-state index contributed by atoms with van der Waals surface area (Å²) < 4.78 is 0. The normalized spacial score (nSPS) is 15.9. The van der Waals surface area contributed by atoms with Gasteiger partial charge in [-0.1, -0.05) is 11.6 Å². The predicted molar refractivity (Wildman–Crippen MR) is 59.3 cm³/mol. The average Bonchev–Trinajstić information content (AvgIpc) is 3.01. The van der Waals surface area contributed by atoms with E-state index in [1.165, 1.54) is 0 Å². The van der Waals surface area contributed by atoms with E-state index in [9.17, 15) is 0 Å². The number of nitrogens with zero attached hydrogens (tertiary/aromatic N) is 3. The predicted octanol–water partition coefficient (Wildman–Crippen LogP) is 3.21. The fourth-order valence-corrected chi connectivity index (χ4v) is 1.95. The van der Waals surface area contributed by atoms with Crippen LogP contribution in [0.15, 0.2) is 12.1 Å². The summed E-state index contributed by atoms with van der Waals surface area (Å²) in [5.74, 6) is 0.485. The Balaban J connectivity index is 2.34. The van der Waals surface area contributed by atoms with Crippen LogP contribution in [0.2, 0.25) is 10.4 Å². The Hall–Kier alpha value is -0.930. The SMILES string of the molecule is Clc1ccc2nc(Cl)nc(C3CC3)c2n1. The molecule has 0 bridgehead atoms. The average molecular weight is 240 g/mol. The monoisotopic (exact) mass is 239 g/mol. The summed E-state index contributed by atoms with van der Waals surface area (Å²) in [5.41, 5.74) is 2.49. The summed E-state index contributed by atoms with van der Waals surface area (Å²) in [6.07, 6.45) is 2.30. The Labute approximate surface area is 96.5 Å². The van der Waals surface area contributed by atoms with Crippen molar-refractivity contribution in [2.24, 2.45) is 0 Å². The lowest BCUT2D eigenvalue weighted by atomic mass is 10.2. The van der Waals surface area contributed by atoms with E-state index in [0.29, 0.717) is 11.1 Å². The van der Waals surface area contributed by atoms with E-state index in [4.69, 9.17) is 23.2 Å². The van der Waals surface area contributed by atoms with E-state index in [1.807, 2.05) is 6.07 Å². The molecular formula is C10H7Cl2N3. The number of halogens is 2. The summed E-state index contributed by atoms with van der Waals surface area (Å²) in [4.78, 5) is 12.6. The van der Waals surface area contributed by atoms with Crippen LogP contribution in [-0.2, 0) is 0 Å². The second kappa shape index (κ2) is 3.29. The molecule has 0 radical (unpaired) electrons. The highest BCUT2D eigenvalue weighted by Crippen LogP contribution is 2.41. The van der Waals surface area contributed by atoms with E-state index < -0.39 is 0 Å². The summed E-state index contributed by atoms with van der Waals surface area (Å²) in [7, 11) is 0. The lowest BCUT2D eigenvalue weighted by molar-refractivity contribution is 1.01. The molecule has 0 unspecified atom stereocenters. The fourth-order valence-electron chi connectivity index (χ4n) is 1.62. The third kappa shape index (κ3) is 1.66. The van der Waals surface area contributed by atoms with Crippen molar-refractivity contribution in [3.63, 3.8) is 0 Å². The largest absolute Gasteiger partial charge is 0.233 e. The van der Waals surface area contributed by atoms with Crippen molar-refractivity contribution in [3.8, 4) is 0 Å². The molecule has 1 saturated carbocycles. The van der Waals surface area contributed by atoms with Gasteiger partial charge in [0.25, 0.3) is 0 Å². The lowest BCUT2D eigenvalue weighted by Crippen LogP contribution is -1.95. The highest BCUT2D eigenvalue weighted by atomic mass is 35.5. The Morgan fingerprint density at radius 1 is 1.07 bits per heavy atom. The van der Waals surface area contributed by atoms with Crippen LogP contribution in [0.25, 0.3) is 11.0 Å². The van der Waals surface area contributed by atoms with Gasteiger partial charge in [-0.15, -0.1) is 0 Å². The van der Waals surface area contributed by atoms with Gasteiger partial charge in [-0.25, -0.2) is 15.0 Å². The standard InChI is InChI=1S/C10H7Cl2N3/c11-7-4-3-6-9(14-7)8(5-1-2-5)15-10(12)13-6/h3-5H,1-2H2. The van der Waals surface area contributed by atoms with Crippen molar-refractivity contribution in [3.05, 3.63) is 28.3 Å². The molecule has 0 atom stereocenters. The molecule has 3 nitrogen and oxygen atoms in total. The van der Waals surface area contributed by atoms with Gasteiger partial charge in [-0.05, 0) is 36.6 Å². The van der Waals surface area contributed by atoms with E-state index >= 15 is 0 Å². The molecule has 2 aromatic heterocycles. The summed E-state index contributed by atoms with van der Waals surface area (Å²) in [5, 5.41) is 0.754. The van der Waals surface area contributed by atoms with Crippen molar-refractivity contribution in [1.82, 2.24) is 15.0 Å². The van der Waals surface area contributed by atoms with Crippen LogP contribution in [-0.4, -0.2) is 15.0 Å². The van der Waals surface area contributed by atoms with Crippen LogP contribution >= 0.6 is 23.2 Å². The van der Waals surface area contributed by atoms with Crippen LogP contribution in [0, 0.1) is 0 Å². The van der Waals surface area contributed by atoms with Crippen LogP contribution in [0.4, 0.5) is 0 Å². The first kappa shape index (κ1) is 9.31. The molecular weight excluding hydrogens is 233 g/mol. The zero-order valence-electron chi connectivity index (χ0n) is 7.74. The van der Waals surface area contributed by atoms with Gasteiger partial charge < -0.3 is 0 Å². The quantitative estimate of drug-likeness (QED) is 0.567. The molecule has 0 spiro atoms. The number of rotatable bonds is 1.